The number of aromatic nitrogens is 2. The highest BCUT2D eigenvalue weighted by molar-refractivity contribution is 5.37. The van der Waals surface area contributed by atoms with E-state index in [1.807, 2.05) is 0 Å². The standard InChI is InChI=1S/C12H20N4O2/c1-9-14-11(8-12(17)15-9)16-5-2-10(3-6-16)18-7-4-13/h8,10H,2-7,13H2,1H3,(H,14,15,17). The second kappa shape index (κ2) is 5.97. The van der Waals surface area contributed by atoms with Crippen LogP contribution in [0.5, 0.6) is 0 Å². The first-order valence-corrected chi connectivity index (χ1v) is 6.33. The Bertz CT molecular complexity index is 438. The summed E-state index contributed by atoms with van der Waals surface area (Å²) >= 11 is 0. The lowest BCUT2D eigenvalue weighted by Crippen LogP contribution is -2.38. The number of rotatable bonds is 4. The van der Waals surface area contributed by atoms with Crippen LogP contribution < -0.4 is 16.2 Å². The largest absolute Gasteiger partial charge is 0.377 e. The van der Waals surface area contributed by atoms with Crippen molar-refractivity contribution in [3.8, 4) is 0 Å². The topological polar surface area (TPSA) is 84.2 Å². The highest BCUT2D eigenvalue weighted by Gasteiger charge is 2.20. The first-order valence-electron chi connectivity index (χ1n) is 6.33. The number of H-pyrrole nitrogens is 1. The summed E-state index contributed by atoms with van der Waals surface area (Å²) in [5, 5.41) is 0. The predicted octanol–water partition coefficient (Wildman–Crippen LogP) is 0.0224. The van der Waals surface area contributed by atoms with Crippen molar-refractivity contribution in [2.45, 2.75) is 25.9 Å². The van der Waals surface area contributed by atoms with E-state index in [9.17, 15) is 4.79 Å². The van der Waals surface area contributed by atoms with Gasteiger partial charge in [0.25, 0.3) is 5.56 Å². The van der Waals surface area contributed by atoms with Crippen LogP contribution in [-0.2, 0) is 4.74 Å². The Morgan fingerprint density at radius 2 is 2.28 bits per heavy atom. The summed E-state index contributed by atoms with van der Waals surface area (Å²) in [6.45, 7) is 4.71. The monoisotopic (exact) mass is 252 g/mol. The van der Waals surface area contributed by atoms with Crippen LogP contribution in [0.1, 0.15) is 18.7 Å². The van der Waals surface area contributed by atoms with Gasteiger partial charge in [0, 0.05) is 25.7 Å². The zero-order valence-electron chi connectivity index (χ0n) is 10.7. The van der Waals surface area contributed by atoms with Crippen LogP contribution in [0.4, 0.5) is 5.82 Å². The van der Waals surface area contributed by atoms with Crippen molar-refractivity contribution in [1.82, 2.24) is 9.97 Å². The van der Waals surface area contributed by atoms with Crippen molar-refractivity contribution >= 4 is 5.82 Å². The third-order valence-corrected chi connectivity index (χ3v) is 3.08. The molecule has 100 valence electrons. The number of ether oxygens (including phenoxy) is 1. The Balaban J connectivity index is 1.94. The molecule has 1 aromatic rings. The van der Waals surface area contributed by atoms with Crippen LogP contribution in [0.15, 0.2) is 10.9 Å². The number of nitrogens with zero attached hydrogens (tertiary/aromatic N) is 2. The number of aromatic amines is 1. The number of aryl methyl sites for hydroxylation is 1. The average molecular weight is 252 g/mol. The van der Waals surface area contributed by atoms with Crippen LogP contribution in [-0.4, -0.2) is 42.3 Å². The third-order valence-electron chi connectivity index (χ3n) is 3.08. The first kappa shape index (κ1) is 13.0. The van der Waals surface area contributed by atoms with E-state index in [2.05, 4.69) is 14.9 Å². The molecule has 0 unspecified atom stereocenters. The molecule has 1 fully saturated rings. The number of nitrogens with two attached hydrogens (primary N) is 1. The second-order valence-electron chi connectivity index (χ2n) is 4.53. The van der Waals surface area contributed by atoms with E-state index in [-0.39, 0.29) is 11.7 Å². The normalized spacial score (nSPS) is 17.1. The fraction of sp³-hybridized carbons (Fsp3) is 0.667. The molecule has 2 rings (SSSR count). The molecule has 2 heterocycles. The van der Waals surface area contributed by atoms with Gasteiger partial charge in [0.05, 0.1) is 12.7 Å². The van der Waals surface area contributed by atoms with E-state index in [1.165, 1.54) is 0 Å². The molecule has 0 atom stereocenters. The lowest BCUT2D eigenvalue weighted by Gasteiger charge is -2.32. The Kier molecular flexibility index (Phi) is 4.33. The van der Waals surface area contributed by atoms with E-state index >= 15 is 0 Å². The molecule has 0 spiro atoms. The van der Waals surface area contributed by atoms with Crippen molar-refractivity contribution in [1.29, 1.82) is 0 Å². The van der Waals surface area contributed by atoms with Gasteiger partial charge >= 0.3 is 0 Å². The average Bonchev–Trinajstić information content (AvgIpc) is 2.36. The van der Waals surface area contributed by atoms with Crippen LogP contribution in [0.2, 0.25) is 0 Å². The van der Waals surface area contributed by atoms with Crippen molar-refractivity contribution < 1.29 is 4.74 Å². The summed E-state index contributed by atoms with van der Waals surface area (Å²) in [4.78, 5) is 20.5. The van der Waals surface area contributed by atoms with Gasteiger partial charge in [0.1, 0.15) is 11.6 Å². The molecule has 1 aromatic heterocycles. The molecule has 6 heteroatoms. The van der Waals surface area contributed by atoms with E-state index in [4.69, 9.17) is 10.5 Å². The Hall–Kier alpha value is -1.40. The van der Waals surface area contributed by atoms with E-state index in [1.54, 1.807) is 13.0 Å². The van der Waals surface area contributed by atoms with Crippen LogP contribution in [0.25, 0.3) is 0 Å². The molecule has 0 aliphatic carbocycles. The fourth-order valence-electron chi connectivity index (χ4n) is 2.21. The van der Waals surface area contributed by atoms with Gasteiger partial charge in [-0.15, -0.1) is 0 Å². The maximum atomic E-state index is 11.4. The molecule has 1 aliphatic heterocycles. The summed E-state index contributed by atoms with van der Waals surface area (Å²) in [6.07, 6.45) is 2.19. The van der Waals surface area contributed by atoms with E-state index in [0.717, 1.165) is 31.7 Å². The van der Waals surface area contributed by atoms with Crippen molar-refractivity contribution in [2.24, 2.45) is 5.73 Å². The minimum atomic E-state index is -0.0981. The number of hydrogen-bond donors (Lipinski definition) is 2. The van der Waals surface area contributed by atoms with Gasteiger partial charge < -0.3 is 20.4 Å². The highest BCUT2D eigenvalue weighted by Crippen LogP contribution is 2.18. The Labute approximate surface area is 106 Å². The summed E-state index contributed by atoms with van der Waals surface area (Å²) in [6, 6.07) is 1.55. The van der Waals surface area contributed by atoms with Crippen LogP contribution in [0.3, 0.4) is 0 Å². The fourth-order valence-corrected chi connectivity index (χ4v) is 2.21. The maximum absolute atomic E-state index is 11.4. The number of nitrogens with one attached hydrogen (secondary N) is 1. The zero-order valence-corrected chi connectivity index (χ0v) is 10.7. The summed E-state index contributed by atoms with van der Waals surface area (Å²) < 4.78 is 5.62. The summed E-state index contributed by atoms with van der Waals surface area (Å²) in [5.41, 5.74) is 5.32. The zero-order chi connectivity index (χ0) is 13.0. The van der Waals surface area contributed by atoms with Gasteiger partial charge in [-0.1, -0.05) is 0 Å². The van der Waals surface area contributed by atoms with Crippen molar-refractivity contribution in [3.05, 3.63) is 22.2 Å². The molecule has 0 amide bonds. The molecular formula is C12H20N4O2. The maximum Gasteiger partial charge on any atom is 0.252 e. The van der Waals surface area contributed by atoms with Crippen LogP contribution in [0, 0.1) is 6.92 Å². The lowest BCUT2D eigenvalue weighted by molar-refractivity contribution is 0.0421. The summed E-state index contributed by atoms with van der Waals surface area (Å²) in [5.74, 6) is 1.41. The molecule has 0 bridgehead atoms. The van der Waals surface area contributed by atoms with Gasteiger partial charge in [0.15, 0.2) is 0 Å². The van der Waals surface area contributed by atoms with E-state index < -0.39 is 0 Å². The molecule has 0 radical (unpaired) electrons. The molecule has 1 aliphatic rings. The SMILES string of the molecule is Cc1nc(N2CCC(OCCN)CC2)cc(=O)[nH]1. The molecule has 3 N–H and O–H groups in total. The molecular weight excluding hydrogens is 232 g/mol. The van der Waals surface area contributed by atoms with E-state index in [0.29, 0.717) is 19.0 Å². The highest BCUT2D eigenvalue weighted by atomic mass is 16.5. The predicted molar refractivity (Wildman–Crippen MR) is 69.8 cm³/mol. The quantitative estimate of drug-likeness (QED) is 0.789. The van der Waals surface area contributed by atoms with Gasteiger partial charge in [0.2, 0.25) is 0 Å². The number of anilines is 1. The van der Waals surface area contributed by atoms with Crippen molar-refractivity contribution in [3.63, 3.8) is 0 Å². The van der Waals surface area contributed by atoms with Gasteiger partial charge in [-0.05, 0) is 19.8 Å². The molecule has 0 aromatic carbocycles. The van der Waals surface area contributed by atoms with Gasteiger partial charge in [-0.2, -0.15) is 0 Å². The van der Waals surface area contributed by atoms with Gasteiger partial charge in [-0.25, -0.2) is 4.98 Å². The lowest BCUT2D eigenvalue weighted by atomic mass is 10.1. The minimum Gasteiger partial charge on any atom is -0.377 e. The molecule has 18 heavy (non-hydrogen) atoms. The molecule has 1 saturated heterocycles. The number of hydrogen-bond acceptors (Lipinski definition) is 5. The smallest absolute Gasteiger partial charge is 0.252 e. The molecule has 0 saturated carbocycles. The first-order chi connectivity index (χ1) is 8.69. The minimum absolute atomic E-state index is 0.0981. The Morgan fingerprint density at radius 3 is 2.89 bits per heavy atom. The van der Waals surface area contributed by atoms with Crippen molar-refractivity contribution in [2.75, 3.05) is 31.1 Å². The van der Waals surface area contributed by atoms with Crippen LogP contribution >= 0.6 is 0 Å². The van der Waals surface area contributed by atoms with Gasteiger partial charge in [-0.3, -0.25) is 4.79 Å². The second-order valence-corrected chi connectivity index (χ2v) is 4.53. The summed E-state index contributed by atoms with van der Waals surface area (Å²) in [7, 11) is 0. The third kappa shape index (κ3) is 3.30. The number of piperidine rings is 1. The molecule has 6 nitrogen and oxygen atoms in total. The Morgan fingerprint density at radius 1 is 1.56 bits per heavy atom.